The summed E-state index contributed by atoms with van der Waals surface area (Å²) >= 11 is 0. The number of hydrogen-bond donors (Lipinski definition) is 5. The number of rotatable bonds is 14. The Morgan fingerprint density at radius 3 is 2.00 bits per heavy atom. The average molecular weight is 463 g/mol. The van der Waals surface area contributed by atoms with Crippen LogP contribution >= 0.6 is 0 Å². The van der Waals surface area contributed by atoms with Crippen molar-refractivity contribution in [3.8, 4) is 0 Å². The lowest BCUT2D eigenvalue weighted by Crippen LogP contribution is -2.57. The van der Waals surface area contributed by atoms with E-state index in [-0.39, 0.29) is 24.2 Å². The predicted octanol–water partition coefficient (Wildman–Crippen LogP) is 1.67. The van der Waals surface area contributed by atoms with Crippen molar-refractivity contribution in [1.29, 1.82) is 0 Å². The Hall–Kier alpha value is -2.94. The zero-order valence-electron chi connectivity index (χ0n) is 20.0. The lowest BCUT2D eigenvalue weighted by Gasteiger charge is -2.27. The summed E-state index contributed by atoms with van der Waals surface area (Å²) in [4.78, 5) is 50.1. The molecule has 184 valence electrons. The van der Waals surface area contributed by atoms with E-state index in [9.17, 15) is 24.3 Å². The summed E-state index contributed by atoms with van der Waals surface area (Å²) in [6.07, 6.45) is 1.80. The lowest BCUT2D eigenvalue weighted by atomic mass is 9.99. The van der Waals surface area contributed by atoms with Gasteiger partial charge in [0.2, 0.25) is 11.8 Å². The Morgan fingerprint density at radius 2 is 1.48 bits per heavy atom. The number of nitrogens with one attached hydrogen (secondary N) is 3. The van der Waals surface area contributed by atoms with Gasteiger partial charge in [0.1, 0.15) is 18.1 Å². The third-order valence-corrected chi connectivity index (χ3v) is 5.17. The summed E-state index contributed by atoms with van der Waals surface area (Å²) in [5.41, 5.74) is 5.89. The summed E-state index contributed by atoms with van der Waals surface area (Å²) in [5, 5.41) is 17.4. The highest BCUT2D eigenvalue weighted by molar-refractivity contribution is 5.98. The highest BCUT2D eigenvalue weighted by Crippen LogP contribution is 2.10. The fraction of sp³-hybridized carbons (Fsp3) is 0.583. The van der Waals surface area contributed by atoms with Gasteiger partial charge in [-0.05, 0) is 56.2 Å². The van der Waals surface area contributed by atoms with Gasteiger partial charge in [-0.15, -0.1) is 0 Å². The topological polar surface area (TPSA) is 151 Å². The largest absolute Gasteiger partial charge is 0.480 e. The second-order valence-corrected chi connectivity index (χ2v) is 8.94. The van der Waals surface area contributed by atoms with Crippen molar-refractivity contribution in [1.82, 2.24) is 16.0 Å². The maximum absolute atomic E-state index is 13.0. The minimum Gasteiger partial charge on any atom is -0.480 e. The number of carboxylic acids is 1. The second kappa shape index (κ2) is 14.3. The number of carboxylic acid groups (broad SMARTS) is 1. The second-order valence-electron chi connectivity index (χ2n) is 8.94. The molecule has 0 aromatic heterocycles. The van der Waals surface area contributed by atoms with Crippen molar-refractivity contribution in [3.05, 3.63) is 35.9 Å². The molecule has 1 rings (SSSR count). The van der Waals surface area contributed by atoms with Gasteiger partial charge in [-0.3, -0.25) is 14.4 Å². The van der Waals surface area contributed by atoms with Crippen LogP contribution in [0.5, 0.6) is 0 Å². The van der Waals surface area contributed by atoms with Gasteiger partial charge in [0, 0.05) is 5.56 Å². The molecule has 0 bridgehead atoms. The van der Waals surface area contributed by atoms with Crippen LogP contribution in [0.2, 0.25) is 0 Å². The van der Waals surface area contributed by atoms with E-state index in [1.165, 1.54) is 0 Å². The Balaban J connectivity index is 2.92. The van der Waals surface area contributed by atoms with Gasteiger partial charge in [-0.25, -0.2) is 4.79 Å². The number of carbonyl (C=O) groups excluding carboxylic acids is 3. The van der Waals surface area contributed by atoms with Crippen LogP contribution in [0, 0.1) is 11.8 Å². The Kier molecular flexibility index (Phi) is 12.1. The van der Waals surface area contributed by atoms with Crippen LogP contribution in [0.1, 0.15) is 63.7 Å². The lowest BCUT2D eigenvalue weighted by molar-refractivity contribution is -0.142. The minimum absolute atomic E-state index is 0.0676. The molecule has 0 aliphatic rings. The third kappa shape index (κ3) is 10.0. The van der Waals surface area contributed by atoms with Crippen LogP contribution in [0.4, 0.5) is 0 Å². The van der Waals surface area contributed by atoms with Gasteiger partial charge in [0.15, 0.2) is 0 Å². The summed E-state index contributed by atoms with van der Waals surface area (Å²) in [5.74, 6) is -2.74. The van der Waals surface area contributed by atoms with E-state index in [1.54, 1.807) is 44.2 Å². The molecular weight excluding hydrogens is 424 g/mol. The molecule has 0 saturated carbocycles. The van der Waals surface area contributed by atoms with E-state index < -0.39 is 35.9 Å². The smallest absolute Gasteiger partial charge is 0.326 e. The number of benzene rings is 1. The van der Waals surface area contributed by atoms with Gasteiger partial charge in [0.25, 0.3) is 5.91 Å². The predicted molar refractivity (Wildman–Crippen MR) is 126 cm³/mol. The zero-order valence-corrected chi connectivity index (χ0v) is 20.0. The van der Waals surface area contributed by atoms with Crippen LogP contribution in [-0.2, 0) is 14.4 Å². The van der Waals surface area contributed by atoms with Gasteiger partial charge >= 0.3 is 5.97 Å². The molecule has 3 amide bonds. The molecule has 0 radical (unpaired) electrons. The first-order chi connectivity index (χ1) is 15.6. The van der Waals surface area contributed by atoms with Gasteiger partial charge < -0.3 is 26.8 Å². The fourth-order valence-electron chi connectivity index (χ4n) is 3.34. The molecule has 0 aliphatic carbocycles. The first-order valence-electron chi connectivity index (χ1n) is 11.5. The van der Waals surface area contributed by atoms with Gasteiger partial charge in [-0.2, -0.15) is 0 Å². The van der Waals surface area contributed by atoms with Crippen LogP contribution in [-0.4, -0.2) is 53.5 Å². The minimum atomic E-state index is -1.13. The molecule has 0 spiro atoms. The summed E-state index contributed by atoms with van der Waals surface area (Å²) < 4.78 is 0. The molecule has 9 nitrogen and oxygen atoms in total. The van der Waals surface area contributed by atoms with Crippen LogP contribution in [0.25, 0.3) is 0 Å². The van der Waals surface area contributed by atoms with E-state index in [1.807, 2.05) is 13.8 Å². The molecule has 9 heteroatoms. The van der Waals surface area contributed by atoms with E-state index in [2.05, 4.69) is 16.0 Å². The Morgan fingerprint density at radius 1 is 0.879 bits per heavy atom. The highest BCUT2D eigenvalue weighted by atomic mass is 16.4. The summed E-state index contributed by atoms with van der Waals surface area (Å²) in [6, 6.07) is 5.70. The maximum Gasteiger partial charge on any atom is 0.326 e. The van der Waals surface area contributed by atoms with Crippen LogP contribution in [0.3, 0.4) is 0 Å². The molecule has 1 aromatic rings. The molecule has 0 unspecified atom stereocenters. The standard InChI is InChI=1S/C24H38N4O5/c1-15(2)14-19(22(30)26-18(24(32)33)12-8-9-13-25)27-23(31)20(16(3)4)28-21(29)17-10-6-5-7-11-17/h5-7,10-11,15-16,18-20H,8-9,12-14,25H2,1-4H3,(H,26,30)(H,27,31)(H,28,29)(H,32,33)/t18-,19-,20-/m0/s1. The van der Waals surface area contributed by atoms with Gasteiger partial charge in [0.05, 0.1) is 0 Å². The van der Waals surface area contributed by atoms with Crippen molar-refractivity contribution in [3.63, 3.8) is 0 Å². The molecule has 0 heterocycles. The van der Waals surface area contributed by atoms with Crippen molar-refractivity contribution in [2.24, 2.45) is 17.6 Å². The first-order valence-corrected chi connectivity index (χ1v) is 11.5. The van der Waals surface area contributed by atoms with E-state index in [4.69, 9.17) is 5.73 Å². The molecule has 0 aliphatic heterocycles. The number of hydrogen-bond acceptors (Lipinski definition) is 5. The first kappa shape index (κ1) is 28.1. The monoisotopic (exact) mass is 462 g/mol. The molecule has 0 fully saturated rings. The molecule has 33 heavy (non-hydrogen) atoms. The third-order valence-electron chi connectivity index (χ3n) is 5.17. The SMILES string of the molecule is CC(C)C[C@H](NC(=O)[C@@H](NC(=O)c1ccccc1)C(C)C)C(=O)N[C@@H](CCCCN)C(=O)O. The van der Waals surface area contributed by atoms with Gasteiger partial charge in [-0.1, -0.05) is 45.9 Å². The molecule has 6 N–H and O–H groups in total. The van der Waals surface area contributed by atoms with Crippen molar-refractivity contribution < 1.29 is 24.3 Å². The number of carbonyl (C=O) groups is 4. The number of unbranched alkanes of at least 4 members (excludes halogenated alkanes) is 1. The molecule has 1 aromatic carbocycles. The number of nitrogens with two attached hydrogens (primary N) is 1. The van der Waals surface area contributed by atoms with Crippen molar-refractivity contribution in [2.75, 3.05) is 6.54 Å². The van der Waals surface area contributed by atoms with E-state index in [0.29, 0.717) is 31.4 Å². The fourth-order valence-corrected chi connectivity index (χ4v) is 3.34. The van der Waals surface area contributed by atoms with Crippen molar-refractivity contribution >= 4 is 23.7 Å². The van der Waals surface area contributed by atoms with Crippen LogP contribution < -0.4 is 21.7 Å². The quantitative estimate of drug-likeness (QED) is 0.265. The van der Waals surface area contributed by atoms with E-state index >= 15 is 0 Å². The Labute approximate surface area is 195 Å². The highest BCUT2D eigenvalue weighted by Gasteiger charge is 2.31. The van der Waals surface area contributed by atoms with Crippen molar-refractivity contribution in [2.45, 2.75) is 71.5 Å². The zero-order chi connectivity index (χ0) is 25.0. The normalized spacial score (nSPS) is 13.8. The summed E-state index contributed by atoms with van der Waals surface area (Å²) in [7, 11) is 0. The Bertz CT molecular complexity index is 782. The number of amides is 3. The molecular formula is C24H38N4O5. The van der Waals surface area contributed by atoms with Crippen LogP contribution in [0.15, 0.2) is 30.3 Å². The maximum atomic E-state index is 13.0. The number of aliphatic carboxylic acids is 1. The molecule has 0 saturated heterocycles. The summed E-state index contributed by atoms with van der Waals surface area (Å²) in [6.45, 7) is 7.84. The van der Waals surface area contributed by atoms with E-state index in [0.717, 1.165) is 0 Å². The molecule has 3 atom stereocenters. The average Bonchev–Trinajstić information content (AvgIpc) is 2.75.